The summed E-state index contributed by atoms with van der Waals surface area (Å²) in [6.45, 7) is 15.1. The standard InChI is InChI=1S/C12H25N/c1-6-7-8-13-9-12(10(2)3)11(4)5/h6,10-13H,1,7-9H2,2-5H3. The number of rotatable bonds is 7. The molecule has 0 rings (SSSR count). The lowest BCUT2D eigenvalue weighted by Gasteiger charge is -2.25. The van der Waals surface area contributed by atoms with E-state index in [0.29, 0.717) is 0 Å². The second-order valence-electron chi connectivity index (χ2n) is 4.43. The van der Waals surface area contributed by atoms with Crippen LogP contribution in [0.1, 0.15) is 34.1 Å². The fourth-order valence-electron chi connectivity index (χ4n) is 1.71. The molecule has 1 nitrogen and oxygen atoms in total. The Balaban J connectivity index is 3.63. The van der Waals surface area contributed by atoms with Gasteiger partial charge in [0.25, 0.3) is 0 Å². The maximum atomic E-state index is 3.71. The average Bonchev–Trinajstić information content (AvgIpc) is 2.02. The molecule has 1 heteroatoms. The van der Waals surface area contributed by atoms with Crippen molar-refractivity contribution >= 4 is 0 Å². The Hall–Kier alpha value is -0.300. The highest BCUT2D eigenvalue weighted by Crippen LogP contribution is 2.19. The summed E-state index contributed by atoms with van der Waals surface area (Å²) >= 11 is 0. The Morgan fingerprint density at radius 2 is 1.69 bits per heavy atom. The van der Waals surface area contributed by atoms with Crippen LogP contribution in [-0.2, 0) is 0 Å². The minimum atomic E-state index is 0.774. The van der Waals surface area contributed by atoms with Gasteiger partial charge in [0, 0.05) is 0 Å². The summed E-state index contributed by atoms with van der Waals surface area (Å²) in [5.41, 5.74) is 0. The summed E-state index contributed by atoms with van der Waals surface area (Å²) < 4.78 is 0. The van der Waals surface area contributed by atoms with Crippen LogP contribution in [0.25, 0.3) is 0 Å². The van der Waals surface area contributed by atoms with Crippen LogP contribution in [0.2, 0.25) is 0 Å². The molecule has 13 heavy (non-hydrogen) atoms. The van der Waals surface area contributed by atoms with Crippen molar-refractivity contribution in [3.8, 4) is 0 Å². The molecule has 0 aromatic rings. The first-order valence-corrected chi connectivity index (χ1v) is 5.41. The van der Waals surface area contributed by atoms with E-state index >= 15 is 0 Å². The van der Waals surface area contributed by atoms with E-state index in [1.165, 1.54) is 0 Å². The van der Waals surface area contributed by atoms with Crippen LogP contribution in [-0.4, -0.2) is 13.1 Å². The predicted octanol–water partition coefficient (Wildman–Crippen LogP) is 3.08. The molecular weight excluding hydrogens is 158 g/mol. The lowest BCUT2D eigenvalue weighted by atomic mass is 9.85. The molecule has 0 fully saturated rings. The molecule has 0 radical (unpaired) electrons. The zero-order valence-corrected chi connectivity index (χ0v) is 9.64. The van der Waals surface area contributed by atoms with Crippen molar-refractivity contribution in [3.63, 3.8) is 0 Å². The third-order valence-corrected chi connectivity index (χ3v) is 2.62. The smallest absolute Gasteiger partial charge is 0.00143 e. The van der Waals surface area contributed by atoms with E-state index in [9.17, 15) is 0 Å². The van der Waals surface area contributed by atoms with Crippen LogP contribution >= 0.6 is 0 Å². The third kappa shape index (κ3) is 5.87. The molecule has 0 saturated heterocycles. The van der Waals surface area contributed by atoms with E-state index in [1.807, 2.05) is 6.08 Å². The predicted molar refractivity (Wildman–Crippen MR) is 60.8 cm³/mol. The quantitative estimate of drug-likeness (QED) is 0.472. The molecule has 0 amide bonds. The van der Waals surface area contributed by atoms with E-state index in [1.54, 1.807) is 0 Å². The van der Waals surface area contributed by atoms with Crippen LogP contribution < -0.4 is 5.32 Å². The SMILES string of the molecule is C=CCCNCC(C(C)C)C(C)C. The van der Waals surface area contributed by atoms with Crippen molar-refractivity contribution in [1.82, 2.24) is 5.32 Å². The van der Waals surface area contributed by atoms with E-state index in [0.717, 1.165) is 37.3 Å². The van der Waals surface area contributed by atoms with Gasteiger partial charge in [0.2, 0.25) is 0 Å². The molecular formula is C12H25N. The Labute approximate surface area is 83.6 Å². The Bertz CT molecular complexity index is 119. The molecule has 0 saturated carbocycles. The lowest BCUT2D eigenvalue weighted by molar-refractivity contribution is 0.277. The van der Waals surface area contributed by atoms with Crippen LogP contribution in [0.3, 0.4) is 0 Å². The van der Waals surface area contributed by atoms with E-state index < -0.39 is 0 Å². The summed E-state index contributed by atoms with van der Waals surface area (Å²) in [4.78, 5) is 0. The van der Waals surface area contributed by atoms with Crippen molar-refractivity contribution in [2.75, 3.05) is 13.1 Å². The minimum absolute atomic E-state index is 0.774. The molecule has 0 atom stereocenters. The highest BCUT2D eigenvalue weighted by Gasteiger charge is 2.16. The van der Waals surface area contributed by atoms with E-state index in [2.05, 4.69) is 39.6 Å². The van der Waals surface area contributed by atoms with E-state index in [-0.39, 0.29) is 0 Å². The lowest BCUT2D eigenvalue weighted by Crippen LogP contribution is -2.30. The molecule has 78 valence electrons. The van der Waals surface area contributed by atoms with Gasteiger partial charge >= 0.3 is 0 Å². The highest BCUT2D eigenvalue weighted by molar-refractivity contribution is 4.72. The normalized spacial score (nSPS) is 11.6. The molecule has 0 aliphatic heterocycles. The molecule has 0 bridgehead atoms. The van der Waals surface area contributed by atoms with Gasteiger partial charge in [0.15, 0.2) is 0 Å². The summed E-state index contributed by atoms with van der Waals surface area (Å²) in [7, 11) is 0. The number of hydrogen-bond donors (Lipinski definition) is 1. The van der Waals surface area contributed by atoms with Crippen molar-refractivity contribution in [3.05, 3.63) is 12.7 Å². The maximum Gasteiger partial charge on any atom is -0.00143 e. The summed E-state index contributed by atoms with van der Waals surface area (Å²) in [5.74, 6) is 2.34. The largest absolute Gasteiger partial charge is 0.316 e. The first-order valence-electron chi connectivity index (χ1n) is 5.41. The molecule has 0 aromatic heterocycles. The summed E-state index contributed by atoms with van der Waals surface area (Å²) in [5, 5.41) is 3.48. The monoisotopic (exact) mass is 183 g/mol. The van der Waals surface area contributed by atoms with Crippen LogP contribution in [0.4, 0.5) is 0 Å². The van der Waals surface area contributed by atoms with Crippen molar-refractivity contribution in [2.24, 2.45) is 17.8 Å². The van der Waals surface area contributed by atoms with Crippen molar-refractivity contribution < 1.29 is 0 Å². The second kappa shape index (κ2) is 7.14. The molecule has 1 N–H and O–H groups in total. The number of nitrogens with one attached hydrogen (secondary N) is 1. The van der Waals surface area contributed by atoms with Gasteiger partial charge < -0.3 is 5.32 Å². The van der Waals surface area contributed by atoms with Crippen molar-refractivity contribution in [2.45, 2.75) is 34.1 Å². The molecule has 0 unspecified atom stereocenters. The van der Waals surface area contributed by atoms with Crippen LogP contribution in [0.5, 0.6) is 0 Å². The van der Waals surface area contributed by atoms with Gasteiger partial charge in [-0.15, -0.1) is 6.58 Å². The van der Waals surface area contributed by atoms with Crippen LogP contribution in [0, 0.1) is 17.8 Å². The summed E-state index contributed by atoms with van der Waals surface area (Å²) in [6, 6.07) is 0. The van der Waals surface area contributed by atoms with Gasteiger partial charge in [0.1, 0.15) is 0 Å². The van der Waals surface area contributed by atoms with Crippen molar-refractivity contribution in [1.29, 1.82) is 0 Å². The third-order valence-electron chi connectivity index (χ3n) is 2.62. The van der Waals surface area contributed by atoms with Crippen LogP contribution in [0.15, 0.2) is 12.7 Å². The topological polar surface area (TPSA) is 12.0 Å². The molecule has 0 aromatic carbocycles. The van der Waals surface area contributed by atoms with Gasteiger partial charge in [-0.2, -0.15) is 0 Å². The fraction of sp³-hybridized carbons (Fsp3) is 0.833. The molecule has 0 spiro atoms. The van der Waals surface area contributed by atoms with Gasteiger partial charge in [-0.1, -0.05) is 33.8 Å². The van der Waals surface area contributed by atoms with E-state index in [4.69, 9.17) is 0 Å². The number of hydrogen-bond acceptors (Lipinski definition) is 1. The fourth-order valence-corrected chi connectivity index (χ4v) is 1.71. The minimum Gasteiger partial charge on any atom is -0.316 e. The van der Waals surface area contributed by atoms with Gasteiger partial charge in [0.05, 0.1) is 0 Å². The zero-order chi connectivity index (χ0) is 10.3. The highest BCUT2D eigenvalue weighted by atomic mass is 14.9. The van der Waals surface area contributed by atoms with Gasteiger partial charge in [-0.05, 0) is 37.3 Å². The zero-order valence-electron chi connectivity index (χ0n) is 9.64. The second-order valence-corrected chi connectivity index (χ2v) is 4.43. The first-order chi connectivity index (χ1) is 6.09. The Morgan fingerprint density at radius 3 is 2.08 bits per heavy atom. The summed E-state index contributed by atoms with van der Waals surface area (Å²) in [6.07, 6.45) is 3.04. The average molecular weight is 183 g/mol. The molecule has 0 aliphatic carbocycles. The first kappa shape index (κ1) is 12.7. The maximum absolute atomic E-state index is 3.71. The molecule has 0 heterocycles. The Morgan fingerprint density at radius 1 is 1.15 bits per heavy atom. The van der Waals surface area contributed by atoms with Gasteiger partial charge in [-0.25, -0.2) is 0 Å². The molecule has 0 aliphatic rings. The Kier molecular flexibility index (Phi) is 6.97. The van der Waals surface area contributed by atoms with Gasteiger partial charge in [-0.3, -0.25) is 0 Å².